The van der Waals surface area contributed by atoms with E-state index in [1.807, 2.05) is 24.3 Å². The van der Waals surface area contributed by atoms with Crippen LogP contribution in [0.15, 0.2) is 48.5 Å². The van der Waals surface area contributed by atoms with Gasteiger partial charge in [0.2, 0.25) is 5.28 Å². The summed E-state index contributed by atoms with van der Waals surface area (Å²) in [5.41, 5.74) is 5.08. The minimum absolute atomic E-state index is 0.000622. The Balaban J connectivity index is 1.21. The molecule has 0 radical (unpaired) electrons. The number of aliphatic hydroxyl groups is 2. The lowest BCUT2D eigenvalue weighted by Crippen LogP contribution is -2.44. The second-order valence-corrected chi connectivity index (χ2v) is 13.5. The smallest absolute Gasteiger partial charge is 0.226 e. The summed E-state index contributed by atoms with van der Waals surface area (Å²) in [6.07, 6.45) is -4.58. The van der Waals surface area contributed by atoms with Gasteiger partial charge in [-0.2, -0.15) is 9.97 Å². The third-order valence-electron chi connectivity index (χ3n) is 7.78. The molecule has 1 fully saturated rings. The molecular weight excluding hydrogens is 592 g/mol. The first-order valence-electron chi connectivity index (χ1n) is 12.9. The van der Waals surface area contributed by atoms with Crippen molar-refractivity contribution in [2.75, 3.05) is 41.3 Å². The molecule has 0 bridgehead atoms. The van der Waals surface area contributed by atoms with E-state index in [-0.39, 0.29) is 29.9 Å². The first kappa shape index (κ1) is 28.9. The number of hydrogen-bond acceptors (Lipinski definition) is 12. The molecule has 7 N–H and O–H groups in total. The summed E-state index contributed by atoms with van der Waals surface area (Å²) in [4.78, 5) is 38.4. The molecule has 2 aromatic carbocycles. The van der Waals surface area contributed by atoms with Crippen molar-refractivity contribution in [2.45, 2.75) is 36.9 Å². The van der Waals surface area contributed by atoms with Gasteiger partial charge < -0.3 is 49.7 Å². The van der Waals surface area contributed by atoms with Crippen LogP contribution in [0.1, 0.15) is 18.1 Å². The first-order chi connectivity index (χ1) is 19.7. The molecule has 3 aromatic rings. The van der Waals surface area contributed by atoms with E-state index in [9.17, 15) is 15.1 Å². The van der Waals surface area contributed by atoms with Crippen molar-refractivity contribution in [3.05, 3.63) is 64.9 Å². The summed E-state index contributed by atoms with van der Waals surface area (Å²) in [6, 6.07) is 16.7. The zero-order chi connectivity index (χ0) is 28.9. The maximum Gasteiger partial charge on any atom is 0.226 e. The number of ether oxygens (including phenoxy) is 1. The van der Waals surface area contributed by atoms with Gasteiger partial charge >= 0.3 is 0 Å². The van der Waals surface area contributed by atoms with E-state index in [0.29, 0.717) is 23.9 Å². The second-order valence-electron chi connectivity index (χ2n) is 10.3. The Bertz CT molecular complexity index is 1390. The predicted octanol–water partition coefficient (Wildman–Crippen LogP) is 2.74. The minimum atomic E-state index is -2.32. The summed E-state index contributed by atoms with van der Waals surface area (Å²) < 4.78 is 11.2. The van der Waals surface area contributed by atoms with E-state index in [4.69, 9.17) is 30.6 Å². The van der Waals surface area contributed by atoms with Crippen LogP contribution in [-0.2, 0) is 14.7 Å². The Kier molecular flexibility index (Phi) is 8.08. The molecule has 2 aliphatic heterocycles. The molecule has 5 atom stereocenters. The van der Waals surface area contributed by atoms with Gasteiger partial charge in [-0.15, -0.1) is 0 Å². The highest BCUT2D eigenvalue weighted by molar-refractivity contribution is 7.63. The maximum atomic E-state index is 10.8. The van der Waals surface area contributed by atoms with Crippen molar-refractivity contribution < 1.29 is 34.2 Å². The van der Waals surface area contributed by atoms with Gasteiger partial charge in [0.25, 0.3) is 0 Å². The molecule has 1 aromatic heterocycles. The standard InChI is InChI=1S/C26H30ClN5O7P2/c1-26(16-8-4-2-6-14(16)15-7-3-5-9-17(15)26)11-28-22-19-23(31-25(27)30-22)32(12-29-19)24-21(34)20(33)18(39-24)10-38-41(37)13-40(35)36/h2-9,18,20-21,24,29,33-37H,10-13H2,1H3,(H,28,30,31). The molecule has 0 spiro atoms. The molecule has 6 rings (SSSR count). The van der Waals surface area contributed by atoms with Crippen LogP contribution in [0.3, 0.4) is 0 Å². The zero-order valence-electron chi connectivity index (χ0n) is 21.9. The van der Waals surface area contributed by atoms with Crippen LogP contribution < -0.4 is 15.5 Å². The largest absolute Gasteiger partial charge is 0.387 e. The molecule has 0 saturated carbocycles. The summed E-state index contributed by atoms with van der Waals surface area (Å²) in [6.45, 7) is 2.68. The molecule has 0 amide bonds. The minimum Gasteiger partial charge on any atom is -0.387 e. The fourth-order valence-electron chi connectivity index (χ4n) is 5.80. The van der Waals surface area contributed by atoms with Gasteiger partial charge in [0.05, 0.1) is 19.2 Å². The number of aromatic nitrogens is 2. The van der Waals surface area contributed by atoms with Crippen LogP contribution in [0.25, 0.3) is 11.1 Å². The number of nitrogens with zero attached hydrogens (tertiary/aromatic N) is 3. The van der Waals surface area contributed by atoms with Gasteiger partial charge in [-0.25, -0.2) is 0 Å². The average molecular weight is 622 g/mol. The highest BCUT2D eigenvalue weighted by Crippen LogP contribution is 2.49. The van der Waals surface area contributed by atoms with Crippen LogP contribution in [0, 0.1) is 0 Å². The lowest BCUT2D eigenvalue weighted by atomic mass is 9.80. The Morgan fingerprint density at radius 2 is 1.73 bits per heavy atom. The fraction of sp³-hybridized carbons (Fsp3) is 0.385. The number of hydrogen-bond donors (Lipinski definition) is 7. The third kappa shape index (κ3) is 5.28. The van der Waals surface area contributed by atoms with Crippen molar-refractivity contribution in [1.82, 2.24) is 9.97 Å². The molecule has 3 heterocycles. The number of rotatable bonds is 9. The van der Waals surface area contributed by atoms with Gasteiger partial charge in [-0.3, -0.25) is 0 Å². The fourth-order valence-corrected chi connectivity index (χ4v) is 7.47. The number of benzene rings is 2. The Morgan fingerprint density at radius 3 is 2.39 bits per heavy atom. The molecule has 1 aliphatic carbocycles. The van der Waals surface area contributed by atoms with Crippen LogP contribution in [0.4, 0.5) is 17.3 Å². The molecule has 12 nitrogen and oxygen atoms in total. The SMILES string of the molecule is CC1(CNc2nc(Cl)nc3c2NCN3C2OC(COP(O)CP(O)O)C(O)C2O)c2ccccc2-c2ccccc21. The van der Waals surface area contributed by atoms with E-state index in [0.717, 1.165) is 0 Å². The molecular formula is C26H30ClN5O7P2. The van der Waals surface area contributed by atoms with E-state index in [1.165, 1.54) is 22.3 Å². The topological polar surface area (TPSA) is 173 Å². The van der Waals surface area contributed by atoms with Crippen LogP contribution in [-0.4, -0.2) is 85.1 Å². The Labute approximate surface area is 243 Å². The van der Waals surface area contributed by atoms with E-state index < -0.39 is 41.3 Å². The predicted molar refractivity (Wildman–Crippen MR) is 157 cm³/mol. The highest BCUT2D eigenvalue weighted by Gasteiger charge is 2.48. The van der Waals surface area contributed by atoms with Crippen molar-refractivity contribution in [3.63, 3.8) is 0 Å². The lowest BCUT2D eigenvalue weighted by molar-refractivity contribution is -0.0157. The van der Waals surface area contributed by atoms with E-state index in [2.05, 4.69) is 51.8 Å². The van der Waals surface area contributed by atoms with Gasteiger partial charge in [-0.05, 0) is 40.8 Å². The number of halogens is 1. The number of fused-ring (bicyclic) bond motifs is 4. The third-order valence-corrected chi connectivity index (χ3v) is 10.4. The zero-order valence-corrected chi connectivity index (χ0v) is 24.5. The first-order valence-corrected chi connectivity index (χ1v) is 16.2. The second kappa shape index (κ2) is 11.5. The maximum absolute atomic E-state index is 10.8. The van der Waals surface area contributed by atoms with Crippen LogP contribution >= 0.6 is 28.4 Å². The van der Waals surface area contributed by atoms with Crippen LogP contribution in [0.2, 0.25) is 5.28 Å². The molecule has 3 aliphatic rings. The molecule has 5 unspecified atom stereocenters. The van der Waals surface area contributed by atoms with Gasteiger partial charge in [-0.1, -0.05) is 48.5 Å². The van der Waals surface area contributed by atoms with Gasteiger partial charge in [0.15, 0.2) is 34.6 Å². The quantitative estimate of drug-likeness (QED) is 0.138. The molecule has 1 saturated heterocycles. The number of nitrogens with one attached hydrogen (secondary N) is 2. The van der Waals surface area contributed by atoms with Crippen molar-refractivity contribution in [1.29, 1.82) is 0 Å². The number of anilines is 3. The summed E-state index contributed by atoms with van der Waals surface area (Å²) >= 11 is 6.36. The van der Waals surface area contributed by atoms with E-state index >= 15 is 0 Å². The number of aliphatic hydroxyl groups excluding tert-OH is 2. The molecule has 218 valence electrons. The van der Waals surface area contributed by atoms with Crippen LogP contribution in [0.5, 0.6) is 0 Å². The molecule has 15 heteroatoms. The Hall–Kier alpha value is -2.21. The van der Waals surface area contributed by atoms with E-state index in [1.54, 1.807) is 4.90 Å². The monoisotopic (exact) mass is 621 g/mol. The summed E-state index contributed by atoms with van der Waals surface area (Å²) in [5, 5.41) is 28.1. The summed E-state index contributed by atoms with van der Waals surface area (Å²) in [7, 11) is -4.42. The highest BCUT2D eigenvalue weighted by atomic mass is 35.5. The van der Waals surface area contributed by atoms with Gasteiger partial charge in [0, 0.05) is 12.0 Å². The summed E-state index contributed by atoms with van der Waals surface area (Å²) in [5.74, 6) is 0.594. The normalized spacial score (nSPS) is 24.6. The average Bonchev–Trinajstić information content (AvgIpc) is 3.57. The Morgan fingerprint density at radius 1 is 1.07 bits per heavy atom. The van der Waals surface area contributed by atoms with Crippen molar-refractivity contribution >= 4 is 45.7 Å². The lowest BCUT2D eigenvalue weighted by Gasteiger charge is -2.28. The molecule has 41 heavy (non-hydrogen) atoms. The van der Waals surface area contributed by atoms with Gasteiger partial charge in [0.1, 0.15) is 24.0 Å². The van der Waals surface area contributed by atoms with Crippen molar-refractivity contribution in [3.8, 4) is 11.1 Å². The van der Waals surface area contributed by atoms with Crippen molar-refractivity contribution in [2.24, 2.45) is 0 Å².